The smallest absolute Gasteiger partial charge is 0.250 e. The number of nitrogens with zero attached hydrogens (tertiary/aromatic N) is 4. The molecule has 2 aliphatic rings. The molecular weight excluding hydrogens is 394 g/mol. The number of pyridine rings is 1. The van der Waals surface area contributed by atoms with Crippen molar-refractivity contribution in [1.82, 2.24) is 15.0 Å². The summed E-state index contributed by atoms with van der Waals surface area (Å²) in [6.07, 6.45) is 6.43. The number of carbonyl (C=O) groups is 1. The van der Waals surface area contributed by atoms with Crippen LogP contribution in [0.4, 0.5) is 11.6 Å². The molecule has 4 heterocycles. The highest BCUT2D eigenvalue weighted by atomic mass is 16.5. The van der Waals surface area contributed by atoms with Gasteiger partial charge in [-0.3, -0.25) is 9.78 Å². The van der Waals surface area contributed by atoms with Crippen molar-refractivity contribution >= 4 is 17.5 Å². The number of hydrogen-bond acceptors (Lipinski definition) is 7. The largest absolute Gasteiger partial charge is 0.384 e. The Bertz CT molecular complexity index is 947. The third kappa shape index (κ3) is 4.41. The summed E-state index contributed by atoms with van der Waals surface area (Å²) < 4.78 is 5.48. The first kappa shape index (κ1) is 21.6. The lowest BCUT2D eigenvalue weighted by atomic mass is 9.93. The van der Waals surface area contributed by atoms with E-state index in [9.17, 15) is 9.90 Å². The van der Waals surface area contributed by atoms with Crippen molar-refractivity contribution in [1.29, 1.82) is 0 Å². The molecule has 166 valence electrons. The molecule has 31 heavy (non-hydrogen) atoms. The standard InChI is InChI=1S/C23H31N5O3/c1-22(2)21(29)27-19-20(28(22)10-7-15-8-11-31-12-9-15)26-17(14-25-19)16-5-6-18(24-13-16)23(3,4)30/h5-6,13-15,30H,7-12H2,1-4H3,(H,25,27,29). The molecule has 0 aromatic carbocycles. The first-order chi connectivity index (χ1) is 14.7. The molecule has 0 bridgehead atoms. The topological polar surface area (TPSA) is 100 Å². The van der Waals surface area contributed by atoms with E-state index in [1.165, 1.54) is 0 Å². The zero-order valence-electron chi connectivity index (χ0n) is 18.7. The average molecular weight is 426 g/mol. The summed E-state index contributed by atoms with van der Waals surface area (Å²) in [5, 5.41) is 13.0. The summed E-state index contributed by atoms with van der Waals surface area (Å²) in [6.45, 7) is 9.59. The number of nitrogens with one attached hydrogen (secondary N) is 1. The molecule has 0 atom stereocenters. The van der Waals surface area contributed by atoms with Gasteiger partial charge >= 0.3 is 0 Å². The van der Waals surface area contributed by atoms with Crippen LogP contribution >= 0.6 is 0 Å². The zero-order chi connectivity index (χ0) is 22.2. The van der Waals surface area contributed by atoms with Crippen LogP contribution in [-0.4, -0.2) is 51.3 Å². The predicted octanol–water partition coefficient (Wildman–Crippen LogP) is 3.12. The Morgan fingerprint density at radius 3 is 2.61 bits per heavy atom. The second kappa shape index (κ2) is 8.16. The zero-order valence-corrected chi connectivity index (χ0v) is 18.7. The molecule has 0 radical (unpaired) electrons. The van der Waals surface area contributed by atoms with Gasteiger partial charge in [-0.15, -0.1) is 0 Å². The summed E-state index contributed by atoms with van der Waals surface area (Å²) in [5.74, 6) is 1.68. The molecule has 0 saturated carbocycles. The second-order valence-corrected chi connectivity index (χ2v) is 9.43. The highest BCUT2D eigenvalue weighted by Gasteiger charge is 2.42. The number of hydrogen-bond donors (Lipinski definition) is 2. The van der Waals surface area contributed by atoms with Gasteiger partial charge in [-0.25, -0.2) is 9.97 Å². The molecule has 0 unspecified atom stereocenters. The SMILES string of the molecule is CC(C)(O)c1ccc(-c2cnc3c(n2)N(CCC2CCOCC2)C(C)(C)C(=O)N3)cn1. The monoisotopic (exact) mass is 425 g/mol. The van der Waals surface area contributed by atoms with Crippen molar-refractivity contribution in [3.8, 4) is 11.3 Å². The average Bonchev–Trinajstić information content (AvgIpc) is 2.74. The molecule has 4 rings (SSSR count). The van der Waals surface area contributed by atoms with Crippen LogP contribution in [0, 0.1) is 5.92 Å². The molecule has 1 fully saturated rings. The van der Waals surface area contributed by atoms with Gasteiger partial charge in [0.1, 0.15) is 11.1 Å². The summed E-state index contributed by atoms with van der Waals surface area (Å²) in [7, 11) is 0. The minimum Gasteiger partial charge on any atom is -0.384 e. The number of amides is 1. The molecule has 2 N–H and O–H groups in total. The molecule has 1 amide bonds. The Morgan fingerprint density at radius 1 is 1.23 bits per heavy atom. The fourth-order valence-corrected chi connectivity index (χ4v) is 4.08. The lowest BCUT2D eigenvalue weighted by Crippen LogP contribution is -2.57. The van der Waals surface area contributed by atoms with Crippen LogP contribution in [0.1, 0.15) is 52.7 Å². The van der Waals surface area contributed by atoms with Gasteiger partial charge in [0, 0.05) is 31.5 Å². The Hall–Kier alpha value is -2.58. The van der Waals surface area contributed by atoms with E-state index in [1.807, 2.05) is 19.9 Å². The van der Waals surface area contributed by atoms with Crippen LogP contribution in [0.25, 0.3) is 11.3 Å². The second-order valence-electron chi connectivity index (χ2n) is 9.43. The molecule has 2 aromatic heterocycles. The van der Waals surface area contributed by atoms with Gasteiger partial charge in [0.2, 0.25) is 0 Å². The van der Waals surface area contributed by atoms with Crippen LogP contribution in [0.2, 0.25) is 0 Å². The summed E-state index contributed by atoms with van der Waals surface area (Å²) in [6, 6.07) is 3.68. The lowest BCUT2D eigenvalue weighted by molar-refractivity contribution is -0.120. The van der Waals surface area contributed by atoms with Gasteiger partial charge in [0.05, 0.1) is 17.6 Å². The molecule has 0 spiro atoms. The van der Waals surface area contributed by atoms with Crippen LogP contribution in [0.5, 0.6) is 0 Å². The van der Waals surface area contributed by atoms with Crippen molar-refractivity contribution in [3.63, 3.8) is 0 Å². The van der Waals surface area contributed by atoms with Crippen LogP contribution < -0.4 is 10.2 Å². The van der Waals surface area contributed by atoms with Gasteiger partial charge < -0.3 is 20.1 Å². The van der Waals surface area contributed by atoms with Crippen LogP contribution in [0.15, 0.2) is 24.5 Å². The maximum Gasteiger partial charge on any atom is 0.250 e. The third-order valence-corrected chi connectivity index (χ3v) is 6.26. The van der Waals surface area contributed by atoms with Crippen molar-refractivity contribution < 1.29 is 14.6 Å². The number of aromatic nitrogens is 3. The van der Waals surface area contributed by atoms with Gasteiger partial charge in [0.15, 0.2) is 11.6 Å². The number of carbonyl (C=O) groups excluding carboxylic acids is 1. The molecule has 8 heteroatoms. The Kier molecular flexibility index (Phi) is 5.70. The highest BCUT2D eigenvalue weighted by molar-refractivity contribution is 6.04. The van der Waals surface area contributed by atoms with E-state index < -0.39 is 11.1 Å². The van der Waals surface area contributed by atoms with Crippen molar-refractivity contribution in [2.24, 2.45) is 5.92 Å². The minimum atomic E-state index is -1.00. The van der Waals surface area contributed by atoms with Crippen LogP contribution in [-0.2, 0) is 15.1 Å². The third-order valence-electron chi connectivity index (χ3n) is 6.26. The summed E-state index contributed by atoms with van der Waals surface area (Å²) in [4.78, 5) is 28.6. The van der Waals surface area contributed by atoms with E-state index in [1.54, 1.807) is 32.3 Å². The fraction of sp³-hybridized carbons (Fsp3) is 0.565. The lowest BCUT2D eigenvalue weighted by Gasteiger charge is -2.43. The van der Waals surface area contributed by atoms with E-state index in [-0.39, 0.29) is 5.91 Å². The number of ether oxygens (including phenoxy) is 1. The van der Waals surface area contributed by atoms with Gasteiger partial charge in [-0.2, -0.15) is 0 Å². The molecule has 8 nitrogen and oxygen atoms in total. The maximum atomic E-state index is 12.8. The van der Waals surface area contributed by atoms with E-state index in [4.69, 9.17) is 9.72 Å². The van der Waals surface area contributed by atoms with Gasteiger partial charge in [-0.1, -0.05) is 0 Å². The number of anilines is 2. The summed E-state index contributed by atoms with van der Waals surface area (Å²) in [5.41, 5.74) is 0.344. The predicted molar refractivity (Wildman–Crippen MR) is 119 cm³/mol. The van der Waals surface area contributed by atoms with E-state index >= 15 is 0 Å². The molecule has 0 aliphatic carbocycles. The maximum absolute atomic E-state index is 12.8. The van der Waals surface area contributed by atoms with Gasteiger partial charge in [0.25, 0.3) is 5.91 Å². The first-order valence-corrected chi connectivity index (χ1v) is 10.9. The Morgan fingerprint density at radius 2 is 1.97 bits per heavy atom. The summed E-state index contributed by atoms with van der Waals surface area (Å²) >= 11 is 0. The minimum absolute atomic E-state index is 0.0785. The Labute approximate surface area is 183 Å². The van der Waals surface area contributed by atoms with Gasteiger partial charge in [-0.05, 0) is 65.0 Å². The van der Waals surface area contributed by atoms with Crippen LogP contribution in [0.3, 0.4) is 0 Å². The molecule has 2 aliphatic heterocycles. The molecule has 2 aromatic rings. The number of fused-ring (bicyclic) bond motifs is 1. The quantitative estimate of drug-likeness (QED) is 0.759. The molecule has 1 saturated heterocycles. The van der Waals surface area contributed by atoms with Crippen molar-refractivity contribution in [2.75, 3.05) is 30.0 Å². The van der Waals surface area contributed by atoms with E-state index in [0.717, 1.165) is 44.6 Å². The number of aliphatic hydroxyl groups is 1. The highest BCUT2D eigenvalue weighted by Crippen LogP contribution is 2.36. The fourth-order valence-electron chi connectivity index (χ4n) is 4.08. The number of rotatable bonds is 5. The van der Waals surface area contributed by atoms with E-state index in [0.29, 0.717) is 28.9 Å². The molecular formula is C23H31N5O3. The Balaban J connectivity index is 1.64. The first-order valence-electron chi connectivity index (χ1n) is 10.9. The van der Waals surface area contributed by atoms with Crippen molar-refractivity contribution in [3.05, 3.63) is 30.2 Å². The van der Waals surface area contributed by atoms with Crippen molar-refractivity contribution in [2.45, 2.75) is 58.1 Å². The van der Waals surface area contributed by atoms with E-state index in [2.05, 4.69) is 20.2 Å². The normalized spacial score (nSPS) is 19.1.